The van der Waals surface area contributed by atoms with Gasteiger partial charge >= 0.3 is 0 Å². The van der Waals surface area contributed by atoms with Crippen LogP contribution in [-0.4, -0.2) is 18.7 Å². The molecule has 0 spiro atoms. The highest BCUT2D eigenvalue weighted by Gasteiger charge is 2.06. The van der Waals surface area contributed by atoms with Gasteiger partial charge in [-0.05, 0) is 48.3 Å². The summed E-state index contributed by atoms with van der Waals surface area (Å²) in [6.45, 7) is 3.01. The van der Waals surface area contributed by atoms with E-state index in [0.717, 1.165) is 31.4 Å². The Morgan fingerprint density at radius 3 is 2.89 bits per heavy atom. The fourth-order valence-electron chi connectivity index (χ4n) is 2.17. The van der Waals surface area contributed by atoms with E-state index in [9.17, 15) is 0 Å². The van der Waals surface area contributed by atoms with Crippen molar-refractivity contribution in [2.24, 2.45) is 0 Å². The van der Waals surface area contributed by atoms with Crippen LogP contribution < -0.4 is 10.6 Å². The van der Waals surface area contributed by atoms with E-state index in [1.165, 1.54) is 16.5 Å². The fraction of sp³-hybridized carbons (Fsp3) is 0.400. The topological polar surface area (TPSA) is 37.2 Å². The molecule has 0 bridgehead atoms. The van der Waals surface area contributed by atoms with Gasteiger partial charge in [0, 0.05) is 19.0 Å². The molecule has 0 aliphatic heterocycles. The molecule has 0 saturated heterocycles. The van der Waals surface area contributed by atoms with Crippen molar-refractivity contribution in [1.82, 2.24) is 10.6 Å². The molecule has 4 heteroatoms. The van der Waals surface area contributed by atoms with E-state index in [2.05, 4.69) is 35.8 Å². The SMILES string of the molecule is CCCc1ccc2occ(CCNC(=S)NC)c2c1. The van der Waals surface area contributed by atoms with Gasteiger partial charge in [-0.1, -0.05) is 19.4 Å². The molecule has 1 aromatic heterocycles. The zero-order chi connectivity index (χ0) is 13.7. The quantitative estimate of drug-likeness (QED) is 0.823. The first-order valence-corrected chi connectivity index (χ1v) is 7.10. The second-order valence-electron chi connectivity index (χ2n) is 4.60. The highest BCUT2D eigenvalue weighted by molar-refractivity contribution is 7.80. The van der Waals surface area contributed by atoms with E-state index in [1.807, 2.05) is 13.3 Å². The average molecular weight is 276 g/mol. The molecule has 3 nitrogen and oxygen atoms in total. The maximum absolute atomic E-state index is 5.59. The molecule has 1 heterocycles. The third-order valence-electron chi connectivity index (χ3n) is 3.16. The van der Waals surface area contributed by atoms with Gasteiger partial charge in [-0.3, -0.25) is 0 Å². The summed E-state index contributed by atoms with van der Waals surface area (Å²) in [6.07, 6.45) is 5.04. The zero-order valence-electron chi connectivity index (χ0n) is 11.5. The summed E-state index contributed by atoms with van der Waals surface area (Å²) in [5.41, 5.74) is 3.57. The Bertz CT molecular complexity index is 562. The molecule has 2 rings (SSSR count). The molecule has 0 atom stereocenters. The summed E-state index contributed by atoms with van der Waals surface area (Å²) in [7, 11) is 1.82. The summed E-state index contributed by atoms with van der Waals surface area (Å²) < 4.78 is 5.59. The summed E-state index contributed by atoms with van der Waals surface area (Å²) in [4.78, 5) is 0. The van der Waals surface area contributed by atoms with E-state index >= 15 is 0 Å². The molecular weight excluding hydrogens is 256 g/mol. The maximum Gasteiger partial charge on any atom is 0.166 e. The van der Waals surface area contributed by atoms with E-state index < -0.39 is 0 Å². The molecule has 0 fully saturated rings. The molecule has 0 radical (unpaired) electrons. The lowest BCUT2D eigenvalue weighted by atomic mass is 10.0. The molecule has 0 amide bonds. The molecular formula is C15H20N2OS. The average Bonchev–Trinajstić information content (AvgIpc) is 2.82. The molecule has 2 N–H and O–H groups in total. The number of nitrogens with one attached hydrogen (secondary N) is 2. The predicted octanol–water partition coefficient (Wildman–Crippen LogP) is 3.02. The molecule has 19 heavy (non-hydrogen) atoms. The third-order valence-corrected chi connectivity index (χ3v) is 3.51. The van der Waals surface area contributed by atoms with Crippen LogP contribution in [0.4, 0.5) is 0 Å². The van der Waals surface area contributed by atoms with Gasteiger partial charge in [0.15, 0.2) is 5.11 Å². The lowest BCUT2D eigenvalue weighted by molar-refractivity contribution is 0.609. The second-order valence-corrected chi connectivity index (χ2v) is 5.01. The van der Waals surface area contributed by atoms with Crippen LogP contribution in [0.3, 0.4) is 0 Å². The fourth-order valence-corrected chi connectivity index (χ4v) is 2.27. The number of hydrogen-bond acceptors (Lipinski definition) is 2. The monoisotopic (exact) mass is 276 g/mol. The van der Waals surface area contributed by atoms with Gasteiger partial charge in [0.2, 0.25) is 0 Å². The Morgan fingerprint density at radius 1 is 1.32 bits per heavy atom. The highest BCUT2D eigenvalue weighted by Crippen LogP contribution is 2.23. The third kappa shape index (κ3) is 3.47. The summed E-state index contributed by atoms with van der Waals surface area (Å²) in [5.74, 6) is 0. The van der Waals surface area contributed by atoms with Crippen LogP contribution >= 0.6 is 12.2 Å². The lowest BCUT2D eigenvalue weighted by Crippen LogP contribution is -2.33. The first-order valence-electron chi connectivity index (χ1n) is 6.69. The molecule has 2 aromatic rings. The number of aryl methyl sites for hydroxylation is 1. The first-order chi connectivity index (χ1) is 9.24. The Kier molecular flexibility index (Phi) is 4.80. The normalized spacial score (nSPS) is 10.6. The highest BCUT2D eigenvalue weighted by atomic mass is 32.1. The van der Waals surface area contributed by atoms with Crippen LogP contribution in [0.25, 0.3) is 11.0 Å². The van der Waals surface area contributed by atoms with Gasteiger partial charge in [-0.2, -0.15) is 0 Å². The van der Waals surface area contributed by atoms with E-state index in [4.69, 9.17) is 16.6 Å². The molecule has 1 aromatic carbocycles. The van der Waals surface area contributed by atoms with E-state index in [0.29, 0.717) is 5.11 Å². The predicted molar refractivity (Wildman–Crippen MR) is 83.6 cm³/mol. The number of rotatable bonds is 5. The van der Waals surface area contributed by atoms with Gasteiger partial charge in [0.05, 0.1) is 6.26 Å². The van der Waals surface area contributed by atoms with Crippen molar-refractivity contribution < 1.29 is 4.42 Å². The van der Waals surface area contributed by atoms with Crippen LogP contribution in [0.2, 0.25) is 0 Å². The number of fused-ring (bicyclic) bond motifs is 1. The van der Waals surface area contributed by atoms with E-state index in [1.54, 1.807) is 0 Å². The molecule has 0 unspecified atom stereocenters. The Labute approximate surface area is 119 Å². The Hall–Kier alpha value is -1.55. The van der Waals surface area contributed by atoms with Crippen LogP contribution in [0, 0.1) is 0 Å². The molecule has 0 aliphatic carbocycles. The summed E-state index contributed by atoms with van der Waals surface area (Å²) in [5, 5.41) is 7.96. The molecule has 0 aliphatic rings. The minimum Gasteiger partial charge on any atom is -0.464 e. The number of thiocarbonyl (C=S) groups is 1. The number of furan rings is 1. The molecule has 102 valence electrons. The maximum atomic E-state index is 5.59. The van der Waals surface area contributed by atoms with Crippen LogP contribution in [0.1, 0.15) is 24.5 Å². The minimum absolute atomic E-state index is 0.680. The van der Waals surface area contributed by atoms with Gasteiger partial charge in [-0.15, -0.1) is 0 Å². The standard InChI is InChI=1S/C15H20N2OS/c1-3-4-11-5-6-14-13(9-11)12(10-18-14)7-8-17-15(19)16-2/h5-6,9-10H,3-4,7-8H2,1-2H3,(H2,16,17,19). The zero-order valence-corrected chi connectivity index (χ0v) is 12.3. The first kappa shape index (κ1) is 13.9. The summed E-state index contributed by atoms with van der Waals surface area (Å²) >= 11 is 5.06. The smallest absolute Gasteiger partial charge is 0.166 e. The van der Waals surface area contributed by atoms with E-state index in [-0.39, 0.29) is 0 Å². The Morgan fingerprint density at radius 2 is 2.16 bits per heavy atom. The Balaban J connectivity index is 2.09. The van der Waals surface area contributed by atoms with Crippen molar-refractivity contribution in [3.05, 3.63) is 35.6 Å². The lowest BCUT2D eigenvalue weighted by Gasteiger charge is -2.06. The number of hydrogen-bond donors (Lipinski definition) is 2. The van der Waals surface area contributed by atoms with Crippen molar-refractivity contribution >= 4 is 28.3 Å². The van der Waals surface area contributed by atoms with Crippen LogP contribution in [0.15, 0.2) is 28.9 Å². The van der Waals surface area contributed by atoms with Crippen molar-refractivity contribution in [2.45, 2.75) is 26.2 Å². The second kappa shape index (κ2) is 6.57. The summed E-state index contributed by atoms with van der Waals surface area (Å²) in [6, 6.07) is 6.46. The van der Waals surface area contributed by atoms with Gasteiger partial charge in [-0.25, -0.2) is 0 Å². The van der Waals surface area contributed by atoms with Gasteiger partial charge in [0.1, 0.15) is 5.58 Å². The van der Waals surface area contributed by atoms with Crippen molar-refractivity contribution in [3.63, 3.8) is 0 Å². The van der Waals surface area contributed by atoms with Gasteiger partial charge < -0.3 is 15.1 Å². The van der Waals surface area contributed by atoms with Crippen molar-refractivity contribution in [3.8, 4) is 0 Å². The minimum atomic E-state index is 0.680. The van der Waals surface area contributed by atoms with Crippen molar-refractivity contribution in [2.75, 3.05) is 13.6 Å². The van der Waals surface area contributed by atoms with Gasteiger partial charge in [0.25, 0.3) is 0 Å². The largest absolute Gasteiger partial charge is 0.464 e. The van der Waals surface area contributed by atoms with Crippen molar-refractivity contribution in [1.29, 1.82) is 0 Å². The van der Waals surface area contributed by atoms with Crippen LogP contribution in [-0.2, 0) is 12.8 Å². The van der Waals surface area contributed by atoms with Crippen LogP contribution in [0.5, 0.6) is 0 Å². The molecule has 0 saturated carbocycles. The number of benzene rings is 1.